The molecule has 1 fully saturated rings. The van der Waals surface area contributed by atoms with E-state index >= 15 is 0 Å². The number of nitrogens with one attached hydrogen (secondary N) is 2. The molecule has 0 spiro atoms. The van der Waals surface area contributed by atoms with Gasteiger partial charge < -0.3 is 20.1 Å². The third-order valence-corrected chi connectivity index (χ3v) is 6.92. The van der Waals surface area contributed by atoms with E-state index in [1.807, 2.05) is 25.1 Å². The highest BCUT2D eigenvalue weighted by atomic mass is 35.5. The van der Waals surface area contributed by atoms with Gasteiger partial charge >= 0.3 is 0 Å². The molecule has 0 saturated carbocycles. The molecule has 4 rings (SSSR count). The lowest BCUT2D eigenvalue weighted by molar-refractivity contribution is -0.135. The Hall–Kier alpha value is -2.75. The molecule has 2 N–H and O–H groups in total. The fourth-order valence-electron chi connectivity index (χ4n) is 4.45. The number of H-pyrrole nitrogens is 1. The molecular formula is C26H34ClFN6O2. The van der Waals surface area contributed by atoms with Crippen LogP contribution in [0.3, 0.4) is 0 Å². The predicted octanol–water partition coefficient (Wildman–Crippen LogP) is 3.03. The van der Waals surface area contributed by atoms with Crippen LogP contribution in [0.25, 0.3) is 10.9 Å². The van der Waals surface area contributed by atoms with Crippen LogP contribution in [0.2, 0.25) is 5.15 Å². The van der Waals surface area contributed by atoms with Crippen LogP contribution < -0.4 is 5.32 Å². The van der Waals surface area contributed by atoms with E-state index in [0.29, 0.717) is 35.9 Å². The van der Waals surface area contributed by atoms with Gasteiger partial charge in [0.25, 0.3) is 5.91 Å². The van der Waals surface area contributed by atoms with Crippen LogP contribution in [0.5, 0.6) is 0 Å². The Kier molecular flexibility index (Phi) is 8.12. The van der Waals surface area contributed by atoms with Crippen LogP contribution in [-0.4, -0.2) is 102 Å². The number of halogens is 2. The van der Waals surface area contributed by atoms with E-state index in [0.717, 1.165) is 37.1 Å². The number of pyridine rings is 1. The fraction of sp³-hybridized carbons (Fsp3) is 0.500. The summed E-state index contributed by atoms with van der Waals surface area (Å²) in [5.41, 5.74) is 0.446. The second kappa shape index (κ2) is 11.1. The van der Waals surface area contributed by atoms with Gasteiger partial charge in [-0.05, 0) is 44.8 Å². The summed E-state index contributed by atoms with van der Waals surface area (Å²) in [5, 5.41) is 4.02. The fourth-order valence-corrected chi connectivity index (χ4v) is 4.62. The van der Waals surface area contributed by atoms with Crippen LogP contribution in [0.4, 0.5) is 4.39 Å². The third kappa shape index (κ3) is 6.72. The Balaban J connectivity index is 1.47. The van der Waals surface area contributed by atoms with Crippen molar-refractivity contribution in [2.75, 3.05) is 53.4 Å². The minimum Gasteiger partial charge on any atom is -0.349 e. The van der Waals surface area contributed by atoms with Crippen molar-refractivity contribution in [2.24, 2.45) is 0 Å². The van der Waals surface area contributed by atoms with Gasteiger partial charge in [-0.25, -0.2) is 9.37 Å². The molecule has 8 nitrogen and oxygen atoms in total. The van der Waals surface area contributed by atoms with Crippen molar-refractivity contribution >= 4 is 34.3 Å². The Morgan fingerprint density at radius 1 is 1.28 bits per heavy atom. The highest BCUT2D eigenvalue weighted by molar-refractivity contribution is 6.30. The lowest BCUT2D eigenvalue weighted by Crippen LogP contribution is -2.55. The first kappa shape index (κ1) is 26.3. The third-order valence-electron chi connectivity index (χ3n) is 6.72. The molecule has 2 amide bonds. The topological polar surface area (TPSA) is 84.6 Å². The van der Waals surface area contributed by atoms with Crippen molar-refractivity contribution < 1.29 is 14.0 Å². The second-order valence-electron chi connectivity index (χ2n) is 10.1. The lowest BCUT2D eigenvalue weighted by atomic mass is 9.92. The van der Waals surface area contributed by atoms with Gasteiger partial charge in [-0.15, -0.1) is 0 Å². The van der Waals surface area contributed by atoms with Gasteiger partial charge in [0.2, 0.25) is 5.91 Å². The van der Waals surface area contributed by atoms with Crippen LogP contribution in [-0.2, 0) is 4.79 Å². The van der Waals surface area contributed by atoms with Crippen molar-refractivity contribution in [2.45, 2.75) is 31.5 Å². The molecule has 36 heavy (non-hydrogen) atoms. The number of fused-ring (bicyclic) bond motifs is 1. The summed E-state index contributed by atoms with van der Waals surface area (Å²) in [4.78, 5) is 40.1. The number of rotatable bonds is 8. The number of hydrogen-bond acceptors (Lipinski definition) is 5. The molecule has 2 atom stereocenters. The Labute approximate surface area is 216 Å². The minimum atomic E-state index is -1.39. The zero-order chi connectivity index (χ0) is 25.9. The van der Waals surface area contributed by atoms with Crippen LogP contribution in [0, 0.1) is 0 Å². The highest BCUT2D eigenvalue weighted by Crippen LogP contribution is 2.27. The summed E-state index contributed by atoms with van der Waals surface area (Å²) in [7, 11) is 4.09. The van der Waals surface area contributed by atoms with E-state index in [1.165, 1.54) is 13.0 Å². The molecule has 1 aliphatic heterocycles. The first-order valence-electron chi connectivity index (χ1n) is 12.3. The smallest absolute Gasteiger partial charge is 0.268 e. The SMILES string of the molecule is CN(C)CCN1CCN(C(=O)[C@H](CC2=CCC(C)(F)C=C2)NC(=O)c2cc3cc(Cl)ncc3[nH]2)CC1. The Morgan fingerprint density at radius 2 is 2.03 bits per heavy atom. The predicted molar refractivity (Wildman–Crippen MR) is 140 cm³/mol. The largest absolute Gasteiger partial charge is 0.349 e. The molecule has 0 aromatic carbocycles. The maximum atomic E-state index is 14.2. The molecule has 3 heterocycles. The number of nitrogens with zero attached hydrogens (tertiary/aromatic N) is 4. The Morgan fingerprint density at radius 3 is 2.69 bits per heavy atom. The van der Waals surface area contributed by atoms with E-state index in [2.05, 4.69) is 25.1 Å². The number of hydrogen-bond donors (Lipinski definition) is 2. The first-order valence-corrected chi connectivity index (χ1v) is 12.7. The zero-order valence-corrected chi connectivity index (χ0v) is 21.8. The molecule has 1 saturated heterocycles. The van der Waals surface area contributed by atoms with Crippen LogP contribution in [0.1, 0.15) is 30.3 Å². The summed E-state index contributed by atoms with van der Waals surface area (Å²) in [6.45, 7) is 6.23. The van der Waals surface area contributed by atoms with E-state index in [4.69, 9.17) is 11.6 Å². The van der Waals surface area contributed by atoms with Gasteiger partial charge in [-0.1, -0.05) is 23.8 Å². The highest BCUT2D eigenvalue weighted by Gasteiger charge is 2.31. The standard InChI is InChI=1S/C26H34ClFN6O2/c1-26(28)6-4-18(5-7-26)14-21(25(36)34-12-10-33(11-13-34)9-8-32(2)3)31-24(35)20-15-19-16-23(27)29-17-22(19)30-20/h4-6,15-17,21,30H,7-14H2,1-3H3,(H,31,35)/t21-,26?/m0/s1. The lowest BCUT2D eigenvalue weighted by Gasteiger charge is -2.37. The van der Waals surface area contributed by atoms with Gasteiger partial charge in [0.05, 0.1) is 11.7 Å². The molecule has 0 radical (unpaired) electrons. The maximum absolute atomic E-state index is 14.2. The quantitative estimate of drug-likeness (QED) is 0.527. The molecule has 194 valence electrons. The summed E-state index contributed by atoms with van der Waals surface area (Å²) in [6, 6.07) is 2.60. The summed E-state index contributed by atoms with van der Waals surface area (Å²) in [5.74, 6) is -0.514. The summed E-state index contributed by atoms with van der Waals surface area (Å²) >= 11 is 5.97. The number of piperazine rings is 1. The van der Waals surface area contributed by atoms with E-state index in [1.54, 1.807) is 24.4 Å². The summed E-state index contributed by atoms with van der Waals surface area (Å²) in [6.07, 6.45) is 7.15. The second-order valence-corrected chi connectivity index (χ2v) is 10.5. The number of aromatic amines is 1. The number of likely N-dealkylation sites (N-methyl/N-ethyl adjacent to an activating group) is 1. The number of allylic oxidation sites excluding steroid dienone is 3. The Bertz CT molecular complexity index is 1170. The monoisotopic (exact) mass is 516 g/mol. The van der Waals surface area contributed by atoms with Gasteiger partial charge in [-0.2, -0.15) is 0 Å². The van der Waals surface area contributed by atoms with E-state index in [9.17, 15) is 14.0 Å². The number of aromatic nitrogens is 2. The molecule has 10 heteroatoms. The molecule has 2 aliphatic rings. The van der Waals surface area contributed by atoms with Crippen molar-refractivity contribution in [3.63, 3.8) is 0 Å². The van der Waals surface area contributed by atoms with Crippen molar-refractivity contribution in [1.29, 1.82) is 0 Å². The molecule has 2 aromatic rings. The maximum Gasteiger partial charge on any atom is 0.268 e. The molecule has 2 aromatic heterocycles. The average molecular weight is 517 g/mol. The molecule has 0 bridgehead atoms. The first-order chi connectivity index (χ1) is 17.1. The van der Waals surface area contributed by atoms with Crippen molar-refractivity contribution in [3.05, 3.63) is 53.0 Å². The minimum absolute atomic E-state index is 0.126. The average Bonchev–Trinajstić information content (AvgIpc) is 3.27. The normalized spacial score (nSPS) is 21.6. The van der Waals surface area contributed by atoms with E-state index < -0.39 is 11.7 Å². The molecule has 1 aliphatic carbocycles. The van der Waals surface area contributed by atoms with Gasteiger partial charge in [0, 0.05) is 57.5 Å². The van der Waals surface area contributed by atoms with Crippen LogP contribution >= 0.6 is 11.6 Å². The number of carbonyl (C=O) groups excluding carboxylic acids is 2. The summed E-state index contributed by atoms with van der Waals surface area (Å²) < 4.78 is 14.2. The van der Waals surface area contributed by atoms with Crippen molar-refractivity contribution in [3.8, 4) is 0 Å². The van der Waals surface area contributed by atoms with Gasteiger partial charge in [0.15, 0.2) is 0 Å². The van der Waals surface area contributed by atoms with Crippen molar-refractivity contribution in [1.82, 2.24) is 30.0 Å². The number of carbonyl (C=O) groups is 2. The van der Waals surface area contributed by atoms with Crippen LogP contribution in [0.15, 0.2) is 42.1 Å². The number of amides is 2. The zero-order valence-electron chi connectivity index (χ0n) is 21.1. The van der Waals surface area contributed by atoms with Gasteiger partial charge in [-0.3, -0.25) is 14.5 Å². The van der Waals surface area contributed by atoms with Gasteiger partial charge in [0.1, 0.15) is 22.6 Å². The van der Waals surface area contributed by atoms with E-state index in [-0.39, 0.29) is 18.2 Å². The number of alkyl halides is 1. The molecular weight excluding hydrogens is 483 g/mol. The molecule has 1 unspecified atom stereocenters.